The molecule has 0 radical (unpaired) electrons. The average molecular weight is 291 g/mol. The molecular formula is C14H17N3S2. The minimum Gasteiger partial charge on any atom is -0.388 e. The molecule has 2 aromatic rings. The standard InChI is InChI=1S/C14H17N3S2/c1-2-5-10(12-7-4-9-19-12)16-13-8-3-6-11(17-13)14(15)18/h3-4,6-10H,2,5H2,1H3,(H2,15,18)(H,16,17). The summed E-state index contributed by atoms with van der Waals surface area (Å²) in [5.74, 6) is 0.817. The van der Waals surface area contributed by atoms with Crippen LogP contribution in [0.15, 0.2) is 35.7 Å². The number of rotatable bonds is 6. The zero-order valence-electron chi connectivity index (χ0n) is 10.8. The zero-order valence-corrected chi connectivity index (χ0v) is 12.4. The Hall–Kier alpha value is -1.46. The number of nitrogens with one attached hydrogen (secondary N) is 1. The highest BCUT2D eigenvalue weighted by Gasteiger charge is 2.12. The molecule has 0 spiro atoms. The van der Waals surface area contributed by atoms with E-state index in [1.54, 1.807) is 11.3 Å². The van der Waals surface area contributed by atoms with E-state index in [0.29, 0.717) is 16.7 Å². The first-order chi connectivity index (χ1) is 9.20. The Morgan fingerprint density at radius 1 is 1.42 bits per heavy atom. The van der Waals surface area contributed by atoms with Gasteiger partial charge in [0.2, 0.25) is 0 Å². The molecule has 2 aromatic heterocycles. The minimum absolute atomic E-state index is 0.291. The second-order valence-electron chi connectivity index (χ2n) is 4.27. The van der Waals surface area contributed by atoms with Crippen molar-refractivity contribution in [1.29, 1.82) is 0 Å². The summed E-state index contributed by atoms with van der Waals surface area (Å²) in [5, 5.41) is 5.56. The van der Waals surface area contributed by atoms with Gasteiger partial charge in [0, 0.05) is 4.88 Å². The van der Waals surface area contributed by atoms with Gasteiger partial charge in [0.05, 0.1) is 11.7 Å². The van der Waals surface area contributed by atoms with Gasteiger partial charge < -0.3 is 11.1 Å². The van der Waals surface area contributed by atoms with Crippen molar-refractivity contribution in [3.63, 3.8) is 0 Å². The van der Waals surface area contributed by atoms with E-state index >= 15 is 0 Å². The largest absolute Gasteiger partial charge is 0.388 e. The number of hydrogen-bond acceptors (Lipinski definition) is 4. The maximum Gasteiger partial charge on any atom is 0.127 e. The molecule has 0 saturated carbocycles. The predicted octanol–water partition coefficient (Wildman–Crippen LogP) is 3.73. The van der Waals surface area contributed by atoms with Crippen molar-refractivity contribution >= 4 is 34.4 Å². The van der Waals surface area contributed by atoms with Gasteiger partial charge in [-0.1, -0.05) is 37.7 Å². The smallest absolute Gasteiger partial charge is 0.127 e. The van der Waals surface area contributed by atoms with Crippen LogP contribution >= 0.6 is 23.6 Å². The number of thiophene rings is 1. The maximum atomic E-state index is 5.61. The van der Waals surface area contributed by atoms with E-state index in [0.717, 1.165) is 18.7 Å². The van der Waals surface area contributed by atoms with Gasteiger partial charge in [-0.05, 0) is 30.0 Å². The third kappa shape index (κ3) is 3.75. The Balaban J connectivity index is 2.17. The van der Waals surface area contributed by atoms with Gasteiger partial charge in [0.25, 0.3) is 0 Å². The third-order valence-corrected chi connectivity index (χ3v) is 3.98. The number of nitrogens with zero attached hydrogens (tertiary/aromatic N) is 1. The minimum atomic E-state index is 0.291. The number of anilines is 1. The van der Waals surface area contributed by atoms with Gasteiger partial charge in [-0.15, -0.1) is 11.3 Å². The van der Waals surface area contributed by atoms with Crippen LogP contribution in [0, 0.1) is 0 Å². The number of thiocarbonyl (C=S) groups is 1. The van der Waals surface area contributed by atoms with E-state index in [9.17, 15) is 0 Å². The van der Waals surface area contributed by atoms with E-state index in [-0.39, 0.29) is 0 Å². The quantitative estimate of drug-likeness (QED) is 0.796. The number of pyridine rings is 1. The lowest BCUT2D eigenvalue weighted by molar-refractivity contribution is 0.684. The first-order valence-electron chi connectivity index (χ1n) is 6.27. The molecule has 1 unspecified atom stereocenters. The van der Waals surface area contributed by atoms with Crippen molar-refractivity contribution in [3.05, 3.63) is 46.3 Å². The molecular weight excluding hydrogens is 274 g/mol. The summed E-state index contributed by atoms with van der Waals surface area (Å²) in [6, 6.07) is 10.2. The molecule has 3 N–H and O–H groups in total. The number of nitrogens with two attached hydrogens (primary N) is 1. The summed E-state index contributed by atoms with van der Waals surface area (Å²) in [6.07, 6.45) is 2.18. The fourth-order valence-corrected chi connectivity index (χ4v) is 2.82. The summed E-state index contributed by atoms with van der Waals surface area (Å²) in [5.41, 5.74) is 6.26. The van der Waals surface area contributed by atoms with Gasteiger partial charge in [0.15, 0.2) is 0 Å². The lowest BCUT2D eigenvalue weighted by atomic mass is 10.1. The molecule has 0 amide bonds. The highest BCUT2D eigenvalue weighted by Crippen LogP contribution is 2.26. The Labute approximate surface area is 122 Å². The normalized spacial score (nSPS) is 12.1. The fraction of sp³-hybridized carbons (Fsp3) is 0.286. The highest BCUT2D eigenvalue weighted by molar-refractivity contribution is 7.80. The third-order valence-electron chi connectivity index (χ3n) is 2.79. The van der Waals surface area contributed by atoms with Gasteiger partial charge in [-0.2, -0.15) is 0 Å². The van der Waals surface area contributed by atoms with Crippen molar-refractivity contribution in [2.24, 2.45) is 5.73 Å². The number of hydrogen-bond donors (Lipinski definition) is 2. The van der Waals surface area contributed by atoms with Crippen molar-refractivity contribution in [3.8, 4) is 0 Å². The molecule has 0 aliphatic heterocycles. The lowest BCUT2D eigenvalue weighted by Gasteiger charge is -2.17. The first-order valence-corrected chi connectivity index (χ1v) is 7.56. The summed E-state index contributed by atoms with van der Waals surface area (Å²) in [6.45, 7) is 2.18. The van der Waals surface area contributed by atoms with Crippen molar-refractivity contribution in [2.75, 3.05) is 5.32 Å². The molecule has 100 valence electrons. The van der Waals surface area contributed by atoms with Gasteiger partial charge >= 0.3 is 0 Å². The van der Waals surface area contributed by atoms with E-state index in [1.807, 2.05) is 18.2 Å². The molecule has 2 rings (SSSR count). The molecule has 0 aliphatic rings. The van der Waals surface area contributed by atoms with E-state index in [4.69, 9.17) is 18.0 Å². The molecule has 0 saturated heterocycles. The molecule has 0 aromatic carbocycles. The molecule has 5 heteroatoms. The van der Waals surface area contributed by atoms with Crippen LogP contribution in [0.3, 0.4) is 0 Å². The average Bonchev–Trinajstić information content (AvgIpc) is 2.92. The van der Waals surface area contributed by atoms with Crippen LogP contribution in [-0.4, -0.2) is 9.97 Å². The fourth-order valence-electron chi connectivity index (χ4n) is 1.89. The van der Waals surface area contributed by atoms with Crippen LogP contribution < -0.4 is 11.1 Å². The van der Waals surface area contributed by atoms with Crippen LogP contribution in [0.2, 0.25) is 0 Å². The van der Waals surface area contributed by atoms with Crippen LogP contribution in [0.5, 0.6) is 0 Å². The SMILES string of the molecule is CCCC(Nc1cccc(C(N)=S)n1)c1cccs1. The zero-order chi connectivity index (χ0) is 13.7. The van der Waals surface area contributed by atoms with Gasteiger partial charge in [-0.3, -0.25) is 0 Å². The first kappa shape index (κ1) is 14.0. The van der Waals surface area contributed by atoms with Crippen LogP contribution in [0.1, 0.15) is 36.4 Å². The maximum absolute atomic E-state index is 5.61. The highest BCUT2D eigenvalue weighted by atomic mass is 32.1. The van der Waals surface area contributed by atoms with Crippen LogP contribution in [0.25, 0.3) is 0 Å². The Morgan fingerprint density at radius 3 is 2.89 bits per heavy atom. The second-order valence-corrected chi connectivity index (χ2v) is 5.69. The Kier molecular flexibility index (Phi) is 4.87. The summed E-state index contributed by atoms with van der Waals surface area (Å²) < 4.78 is 0. The van der Waals surface area contributed by atoms with Crippen LogP contribution in [-0.2, 0) is 0 Å². The second kappa shape index (κ2) is 6.63. The monoisotopic (exact) mass is 291 g/mol. The van der Waals surface area contributed by atoms with Crippen molar-refractivity contribution in [2.45, 2.75) is 25.8 Å². The molecule has 0 bridgehead atoms. The number of aromatic nitrogens is 1. The van der Waals surface area contributed by atoms with E-state index in [2.05, 4.69) is 34.7 Å². The summed E-state index contributed by atoms with van der Waals surface area (Å²) in [7, 11) is 0. The topological polar surface area (TPSA) is 50.9 Å². The molecule has 1 atom stereocenters. The van der Waals surface area contributed by atoms with Crippen molar-refractivity contribution in [1.82, 2.24) is 4.98 Å². The molecule has 19 heavy (non-hydrogen) atoms. The summed E-state index contributed by atoms with van der Waals surface area (Å²) >= 11 is 6.72. The van der Waals surface area contributed by atoms with E-state index in [1.165, 1.54) is 4.88 Å². The lowest BCUT2D eigenvalue weighted by Crippen LogP contribution is -2.14. The van der Waals surface area contributed by atoms with E-state index < -0.39 is 0 Å². The molecule has 0 aliphatic carbocycles. The van der Waals surface area contributed by atoms with Gasteiger partial charge in [0.1, 0.15) is 10.8 Å². The molecule has 3 nitrogen and oxygen atoms in total. The molecule has 0 fully saturated rings. The Morgan fingerprint density at radius 2 is 2.26 bits per heavy atom. The summed E-state index contributed by atoms with van der Waals surface area (Å²) in [4.78, 5) is 6.08. The Bertz CT molecular complexity index is 537. The predicted molar refractivity (Wildman–Crippen MR) is 85.7 cm³/mol. The molecule has 2 heterocycles. The van der Waals surface area contributed by atoms with Crippen molar-refractivity contribution < 1.29 is 0 Å². The van der Waals surface area contributed by atoms with Gasteiger partial charge in [-0.25, -0.2) is 4.98 Å². The van der Waals surface area contributed by atoms with Crippen LogP contribution in [0.4, 0.5) is 5.82 Å².